The summed E-state index contributed by atoms with van der Waals surface area (Å²) in [7, 11) is 0. The summed E-state index contributed by atoms with van der Waals surface area (Å²) in [5.74, 6) is 0.501. The number of aromatic carboxylic acids is 1. The average molecular weight is 618 g/mol. The molecule has 0 spiro atoms. The van der Waals surface area contributed by atoms with Gasteiger partial charge in [-0.25, -0.2) is 4.79 Å². The molecule has 6 nitrogen and oxygen atoms in total. The monoisotopic (exact) mass is 616 g/mol. The summed E-state index contributed by atoms with van der Waals surface area (Å²) in [6.07, 6.45) is 1.72. The third kappa shape index (κ3) is 5.76. The molecule has 0 amide bonds. The fourth-order valence-electron chi connectivity index (χ4n) is 4.46. The zero-order valence-electron chi connectivity index (χ0n) is 19.9. The molecule has 4 rings (SSSR count). The van der Waals surface area contributed by atoms with Crippen molar-refractivity contribution >= 4 is 43.8 Å². The standard InChI is InChI=1S/C28H26Br2O6/c1-15(2)21-12-19(8-10-24(21)35-14-16-3-5-17(6-4-16)28(33)34)36-27-23(29)13-22-18(11-25(31)32)7-9-20(22)26(27)30/h3-6,8,10,12-13,15,18H,7,9,11,14H2,1-2H3,(H,31,32)(H,33,34). The summed E-state index contributed by atoms with van der Waals surface area (Å²) >= 11 is 7.31. The van der Waals surface area contributed by atoms with Gasteiger partial charge in [0.25, 0.3) is 0 Å². The molecule has 2 N–H and O–H groups in total. The van der Waals surface area contributed by atoms with Crippen molar-refractivity contribution < 1.29 is 29.3 Å². The molecule has 0 heterocycles. The van der Waals surface area contributed by atoms with Crippen molar-refractivity contribution in [3.05, 3.63) is 85.3 Å². The Hall–Kier alpha value is -2.84. The Labute approximate surface area is 226 Å². The second kappa shape index (κ2) is 11.0. The topological polar surface area (TPSA) is 93.1 Å². The number of benzene rings is 3. The Morgan fingerprint density at radius 3 is 2.42 bits per heavy atom. The molecular weight excluding hydrogens is 592 g/mol. The number of fused-ring (bicyclic) bond motifs is 1. The second-order valence-electron chi connectivity index (χ2n) is 9.15. The van der Waals surface area contributed by atoms with Crippen LogP contribution < -0.4 is 9.47 Å². The lowest BCUT2D eigenvalue weighted by Gasteiger charge is -2.18. The van der Waals surface area contributed by atoms with Crippen LogP contribution in [0.4, 0.5) is 0 Å². The van der Waals surface area contributed by atoms with E-state index in [1.54, 1.807) is 24.3 Å². The molecule has 1 aliphatic rings. The number of hydrogen-bond donors (Lipinski definition) is 2. The molecule has 0 fully saturated rings. The molecule has 0 saturated heterocycles. The predicted molar refractivity (Wildman–Crippen MR) is 143 cm³/mol. The Morgan fingerprint density at radius 1 is 1.06 bits per heavy atom. The van der Waals surface area contributed by atoms with Crippen LogP contribution in [0.5, 0.6) is 17.2 Å². The van der Waals surface area contributed by atoms with Crippen LogP contribution in [0.25, 0.3) is 0 Å². The highest BCUT2D eigenvalue weighted by atomic mass is 79.9. The van der Waals surface area contributed by atoms with Crippen molar-refractivity contribution in [1.29, 1.82) is 0 Å². The maximum atomic E-state index is 11.2. The van der Waals surface area contributed by atoms with Crippen LogP contribution in [0.1, 0.15) is 71.1 Å². The molecule has 188 valence electrons. The number of carbonyl (C=O) groups is 2. The van der Waals surface area contributed by atoms with E-state index in [9.17, 15) is 14.7 Å². The Balaban J connectivity index is 1.54. The highest BCUT2D eigenvalue weighted by molar-refractivity contribution is 9.11. The van der Waals surface area contributed by atoms with Crippen LogP contribution in [0.3, 0.4) is 0 Å². The number of carboxylic acid groups (broad SMARTS) is 2. The fraction of sp³-hybridized carbons (Fsp3) is 0.286. The molecule has 1 unspecified atom stereocenters. The van der Waals surface area contributed by atoms with Gasteiger partial charge in [-0.15, -0.1) is 0 Å². The molecule has 0 radical (unpaired) electrons. The van der Waals surface area contributed by atoms with Crippen molar-refractivity contribution in [2.24, 2.45) is 0 Å². The van der Waals surface area contributed by atoms with Crippen molar-refractivity contribution in [3.63, 3.8) is 0 Å². The zero-order chi connectivity index (χ0) is 26.0. The molecule has 8 heteroatoms. The van der Waals surface area contributed by atoms with Gasteiger partial charge in [-0.2, -0.15) is 0 Å². The van der Waals surface area contributed by atoms with E-state index in [1.807, 2.05) is 24.3 Å². The number of aliphatic carboxylic acids is 1. The molecule has 0 aliphatic heterocycles. The molecule has 0 bridgehead atoms. The van der Waals surface area contributed by atoms with E-state index < -0.39 is 11.9 Å². The third-order valence-corrected chi connectivity index (χ3v) is 7.76. The molecule has 1 atom stereocenters. The maximum absolute atomic E-state index is 11.2. The highest BCUT2D eigenvalue weighted by Crippen LogP contribution is 2.48. The lowest BCUT2D eigenvalue weighted by Crippen LogP contribution is -2.03. The molecule has 3 aromatic rings. The van der Waals surface area contributed by atoms with Gasteiger partial charge in [0.2, 0.25) is 0 Å². The summed E-state index contributed by atoms with van der Waals surface area (Å²) in [5.41, 5.74) is 4.25. The first-order valence-corrected chi connectivity index (χ1v) is 13.2. The molecule has 36 heavy (non-hydrogen) atoms. The van der Waals surface area contributed by atoms with E-state index in [0.717, 1.165) is 49.8 Å². The SMILES string of the molecule is CC(C)c1cc(Oc2c(Br)cc3c(c2Br)CCC3CC(=O)O)ccc1OCc1ccc(C(=O)O)cc1. The van der Waals surface area contributed by atoms with Gasteiger partial charge in [0.05, 0.1) is 20.9 Å². The van der Waals surface area contributed by atoms with Gasteiger partial charge < -0.3 is 19.7 Å². The van der Waals surface area contributed by atoms with E-state index in [1.165, 1.54) is 0 Å². The minimum Gasteiger partial charge on any atom is -0.489 e. The first-order valence-electron chi connectivity index (χ1n) is 11.6. The van der Waals surface area contributed by atoms with Crippen LogP contribution >= 0.6 is 31.9 Å². The van der Waals surface area contributed by atoms with E-state index in [4.69, 9.17) is 14.6 Å². The quantitative estimate of drug-likeness (QED) is 0.253. The van der Waals surface area contributed by atoms with E-state index in [2.05, 4.69) is 45.7 Å². The van der Waals surface area contributed by atoms with Gasteiger partial charge in [-0.3, -0.25) is 4.79 Å². The first kappa shape index (κ1) is 26.2. The molecule has 0 saturated carbocycles. The molecular formula is C28H26Br2O6. The lowest BCUT2D eigenvalue weighted by molar-refractivity contribution is -0.137. The summed E-state index contributed by atoms with van der Waals surface area (Å²) in [4.78, 5) is 22.3. The van der Waals surface area contributed by atoms with Crippen molar-refractivity contribution in [2.45, 2.75) is 51.6 Å². The number of carboxylic acids is 2. The maximum Gasteiger partial charge on any atom is 0.335 e. The van der Waals surface area contributed by atoms with E-state index >= 15 is 0 Å². The average Bonchev–Trinajstić information content (AvgIpc) is 3.22. The molecule has 1 aliphatic carbocycles. The third-order valence-electron chi connectivity index (χ3n) is 6.33. The number of rotatable bonds is 9. The lowest BCUT2D eigenvalue weighted by atomic mass is 9.98. The molecule has 3 aromatic carbocycles. The zero-order valence-corrected chi connectivity index (χ0v) is 23.1. The van der Waals surface area contributed by atoms with Crippen LogP contribution in [0.15, 0.2) is 57.5 Å². The Bertz CT molecular complexity index is 1300. The van der Waals surface area contributed by atoms with Crippen LogP contribution in [0.2, 0.25) is 0 Å². The van der Waals surface area contributed by atoms with Crippen molar-refractivity contribution in [3.8, 4) is 17.2 Å². The van der Waals surface area contributed by atoms with E-state index in [0.29, 0.717) is 18.1 Å². The largest absolute Gasteiger partial charge is 0.489 e. The van der Waals surface area contributed by atoms with Crippen LogP contribution in [0, 0.1) is 0 Å². The number of ether oxygens (including phenoxy) is 2. The first-order chi connectivity index (χ1) is 17.1. The van der Waals surface area contributed by atoms with Crippen molar-refractivity contribution in [2.75, 3.05) is 0 Å². The van der Waals surface area contributed by atoms with Gasteiger partial charge in [0.1, 0.15) is 18.1 Å². The van der Waals surface area contributed by atoms with Gasteiger partial charge in [-0.1, -0.05) is 26.0 Å². The minimum atomic E-state index is -0.957. The Morgan fingerprint density at radius 2 is 1.78 bits per heavy atom. The summed E-state index contributed by atoms with van der Waals surface area (Å²) in [6.45, 7) is 4.48. The Kier molecular flexibility index (Phi) is 8.05. The van der Waals surface area contributed by atoms with Crippen LogP contribution in [-0.4, -0.2) is 22.2 Å². The minimum absolute atomic E-state index is 0.00320. The number of hydrogen-bond acceptors (Lipinski definition) is 4. The van der Waals surface area contributed by atoms with Gasteiger partial charge in [0, 0.05) is 5.56 Å². The smallest absolute Gasteiger partial charge is 0.335 e. The van der Waals surface area contributed by atoms with Gasteiger partial charge in [-0.05, 0) is 110 Å². The van der Waals surface area contributed by atoms with E-state index in [-0.39, 0.29) is 23.8 Å². The molecule has 0 aromatic heterocycles. The highest BCUT2D eigenvalue weighted by Gasteiger charge is 2.29. The summed E-state index contributed by atoms with van der Waals surface area (Å²) in [6, 6.07) is 14.3. The second-order valence-corrected chi connectivity index (χ2v) is 10.8. The summed E-state index contributed by atoms with van der Waals surface area (Å²) < 4.78 is 14.0. The van der Waals surface area contributed by atoms with Gasteiger partial charge >= 0.3 is 11.9 Å². The van der Waals surface area contributed by atoms with Crippen LogP contribution in [-0.2, 0) is 17.8 Å². The fourth-order valence-corrected chi connectivity index (χ4v) is 5.98. The summed E-state index contributed by atoms with van der Waals surface area (Å²) in [5, 5.41) is 18.3. The normalized spacial score (nSPS) is 14.5. The number of halogens is 2. The van der Waals surface area contributed by atoms with Crippen molar-refractivity contribution in [1.82, 2.24) is 0 Å². The predicted octanol–water partition coefficient (Wildman–Crippen LogP) is 7.91. The van der Waals surface area contributed by atoms with Gasteiger partial charge in [0.15, 0.2) is 5.75 Å².